The van der Waals surface area contributed by atoms with Gasteiger partial charge in [-0.2, -0.15) is 0 Å². The molecule has 4 nitrogen and oxygen atoms in total. The van der Waals surface area contributed by atoms with Gasteiger partial charge in [-0.3, -0.25) is 4.90 Å². The van der Waals surface area contributed by atoms with Crippen LogP contribution in [0, 0.1) is 11.6 Å². The number of amidine groups is 1. The van der Waals surface area contributed by atoms with E-state index in [0.29, 0.717) is 12.1 Å². The Labute approximate surface area is 92.0 Å². The average Bonchev–Trinajstić information content (AvgIpc) is 2.15. The van der Waals surface area contributed by atoms with Gasteiger partial charge < -0.3 is 10.9 Å². The van der Waals surface area contributed by atoms with Crippen LogP contribution >= 0.6 is 0 Å². The second-order valence-corrected chi connectivity index (χ2v) is 3.54. The van der Waals surface area contributed by atoms with Crippen LogP contribution in [0.4, 0.5) is 8.78 Å². The average molecular weight is 229 g/mol. The molecule has 0 bridgehead atoms. The lowest BCUT2D eigenvalue weighted by Crippen LogP contribution is -2.30. The van der Waals surface area contributed by atoms with Crippen LogP contribution in [0.25, 0.3) is 0 Å². The summed E-state index contributed by atoms with van der Waals surface area (Å²) >= 11 is 0. The zero-order chi connectivity index (χ0) is 12.1. The van der Waals surface area contributed by atoms with Crippen molar-refractivity contribution in [1.82, 2.24) is 4.90 Å². The molecule has 0 aliphatic rings. The van der Waals surface area contributed by atoms with E-state index in [4.69, 9.17) is 10.9 Å². The van der Waals surface area contributed by atoms with Crippen LogP contribution in [0.5, 0.6) is 0 Å². The van der Waals surface area contributed by atoms with Crippen molar-refractivity contribution in [2.45, 2.75) is 6.54 Å². The highest BCUT2D eigenvalue weighted by Gasteiger charge is 2.05. The normalized spacial score (nSPS) is 12.1. The third-order valence-electron chi connectivity index (χ3n) is 1.94. The highest BCUT2D eigenvalue weighted by atomic mass is 19.1. The Morgan fingerprint density at radius 2 is 1.94 bits per heavy atom. The Morgan fingerprint density at radius 1 is 1.38 bits per heavy atom. The fraction of sp³-hybridized carbons (Fsp3) is 0.300. The molecular formula is C10H13F2N3O. The summed E-state index contributed by atoms with van der Waals surface area (Å²) in [6.07, 6.45) is 0. The first kappa shape index (κ1) is 12.4. The summed E-state index contributed by atoms with van der Waals surface area (Å²) in [7, 11) is 1.70. The van der Waals surface area contributed by atoms with Crippen molar-refractivity contribution in [3.63, 3.8) is 0 Å². The molecule has 0 fully saturated rings. The van der Waals surface area contributed by atoms with Gasteiger partial charge in [0, 0.05) is 12.6 Å². The molecule has 0 aliphatic heterocycles. The summed E-state index contributed by atoms with van der Waals surface area (Å²) in [6.45, 7) is 0.527. The molecule has 16 heavy (non-hydrogen) atoms. The minimum absolute atomic E-state index is 0.0411. The molecule has 1 rings (SSSR count). The first-order valence-electron chi connectivity index (χ1n) is 4.61. The van der Waals surface area contributed by atoms with E-state index in [1.807, 2.05) is 0 Å². The van der Waals surface area contributed by atoms with Crippen molar-refractivity contribution in [1.29, 1.82) is 0 Å². The maximum atomic E-state index is 12.9. The number of nitrogens with two attached hydrogens (primary N) is 1. The van der Waals surface area contributed by atoms with Gasteiger partial charge in [0.1, 0.15) is 11.6 Å². The summed E-state index contributed by atoms with van der Waals surface area (Å²) in [5, 5.41) is 11.2. The molecule has 0 aromatic heterocycles. The molecule has 0 amide bonds. The van der Waals surface area contributed by atoms with Gasteiger partial charge in [-0.25, -0.2) is 8.78 Å². The third kappa shape index (κ3) is 3.82. The van der Waals surface area contributed by atoms with E-state index in [9.17, 15) is 8.78 Å². The van der Waals surface area contributed by atoms with E-state index < -0.39 is 11.6 Å². The Balaban J connectivity index is 2.65. The van der Waals surface area contributed by atoms with E-state index in [1.165, 1.54) is 12.1 Å². The summed E-state index contributed by atoms with van der Waals surface area (Å²) in [4.78, 5) is 1.67. The fourth-order valence-electron chi connectivity index (χ4n) is 1.38. The third-order valence-corrected chi connectivity index (χ3v) is 1.94. The Bertz CT molecular complexity index is 375. The van der Waals surface area contributed by atoms with Gasteiger partial charge in [0.05, 0.1) is 6.54 Å². The number of likely N-dealkylation sites (N-methyl/N-ethyl adjacent to an activating group) is 1. The zero-order valence-corrected chi connectivity index (χ0v) is 8.82. The number of halogens is 2. The highest BCUT2D eigenvalue weighted by molar-refractivity contribution is 5.81. The van der Waals surface area contributed by atoms with Crippen LogP contribution in [0.15, 0.2) is 23.4 Å². The molecule has 0 heterocycles. The van der Waals surface area contributed by atoms with Gasteiger partial charge in [-0.15, -0.1) is 0 Å². The van der Waals surface area contributed by atoms with Gasteiger partial charge in [-0.1, -0.05) is 5.16 Å². The molecule has 0 aliphatic carbocycles. The van der Waals surface area contributed by atoms with Crippen molar-refractivity contribution >= 4 is 5.84 Å². The summed E-state index contributed by atoms with van der Waals surface area (Å²) in [5.41, 5.74) is 5.79. The molecule has 0 atom stereocenters. The minimum Gasteiger partial charge on any atom is -0.409 e. The van der Waals surface area contributed by atoms with Crippen LogP contribution in [0.3, 0.4) is 0 Å². The first-order chi connectivity index (χ1) is 7.51. The van der Waals surface area contributed by atoms with Crippen LogP contribution in [-0.2, 0) is 6.54 Å². The first-order valence-corrected chi connectivity index (χ1v) is 4.61. The molecule has 1 aromatic carbocycles. The lowest BCUT2D eigenvalue weighted by Gasteiger charge is -2.15. The van der Waals surface area contributed by atoms with Gasteiger partial charge in [0.25, 0.3) is 0 Å². The predicted octanol–water partition coefficient (Wildman–Crippen LogP) is 1.14. The van der Waals surface area contributed by atoms with Crippen LogP contribution in [-0.4, -0.2) is 29.5 Å². The topological polar surface area (TPSA) is 61.8 Å². The SMILES string of the molecule is CN(C/C(N)=N/O)Cc1cc(F)cc(F)c1. The van der Waals surface area contributed by atoms with Gasteiger partial charge in [0.2, 0.25) is 0 Å². The van der Waals surface area contributed by atoms with Crippen molar-refractivity contribution in [2.75, 3.05) is 13.6 Å². The molecule has 88 valence electrons. The smallest absolute Gasteiger partial charge is 0.153 e. The predicted molar refractivity (Wildman–Crippen MR) is 56.1 cm³/mol. The molecule has 0 unspecified atom stereocenters. The van der Waals surface area contributed by atoms with Gasteiger partial charge in [0.15, 0.2) is 5.84 Å². The number of rotatable bonds is 4. The monoisotopic (exact) mass is 229 g/mol. The number of nitrogens with zero attached hydrogens (tertiary/aromatic N) is 2. The van der Waals surface area contributed by atoms with Crippen LogP contribution < -0.4 is 5.73 Å². The van der Waals surface area contributed by atoms with Crippen LogP contribution in [0.1, 0.15) is 5.56 Å². The number of benzene rings is 1. The zero-order valence-electron chi connectivity index (χ0n) is 8.82. The molecular weight excluding hydrogens is 216 g/mol. The Morgan fingerprint density at radius 3 is 2.44 bits per heavy atom. The maximum absolute atomic E-state index is 12.9. The van der Waals surface area contributed by atoms with Crippen molar-refractivity contribution < 1.29 is 14.0 Å². The van der Waals surface area contributed by atoms with Crippen molar-refractivity contribution in [3.05, 3.63) is 35.4 Å². The van der Waals surface area contributed by atoms with Crippen molar-refractivity contribution in [2.24, 2.45) is 10.9 Å². The fourth-order valence-corrected chi connectivity index (χ4v) is 1.38. The summed E-state index contributed by atoms with van der Waals surface area (Å²) < 4.78 is 25.7. The van der Waals surface area contributed by atoms with Crippen LogP contribution in [0.2, 0.25) is 0 Å². The van der Waals surface area contributed by atoms with E-state index >= 15 is 0 Å². The van der Waals surface area contributed by atoms with Gasteiger partial charge >= 0.3 is 0 Å². The molecule has 1 aromatic rings. The highest BCUT2D eigenvalue weighted by Crippen LogP contribution is 2.09. The van der Waals surface area contributed by atoms with E-state index in [0.717, 1.165) is 6.07 Å². The van der Waals surface area contributed by atoms with Crippen molar-refractivity contribution in [3.8, 4) is 0 Å². The largest absolute Gasteiger partial charge is 0.409 e. The molecule has 0 spiro atoms. The standard InChI is InChI=1S/C10H13F2N3O/c1-15(6-10(13)14-16)5-7-2-8(11)4-9(12)3-7/h2-4,16H,5-6H2,1H3,(H2,13,14). The lowest BCUT2D eigenvalue weighted by molar-refractivity contribution is 0.308. The summed E-state index contributed by atoms with van der Waals surface area (Å²) in [6, 6.07) is 3.30. The van der Waals surface area contributed by atoms with E-state index in [2.05, 4.69) is 5.16 Å². The maximum Gasteiger partial charge on any atom is 0.153 e. The Hall–Kier alpha value is -1.69. The second kappa shape index (κ2) is 5.41. The molecule has 0 saturated carbocycles. The number of hydrogen-bond acceptors (Lipinski definition) is 3. The number of oxime groups is 1. The van der Waals surface area contributed by atoms with E-state index in [1.54, 1.807) is 11.9 Å². The minimum atomic E-state index is -0.618. The lowest BCUT2D eigenvalue weighted by atomic mass is 10.2. The van der Waals surface area contributed by atoms with Gasteiger partial charge in [-0.05, 0) is 24.7 Å². The quantitative estimate of drug-likeness (QED) is 0.352. The number of hydrogen-bond donors (Lipinski definition) is 2. The Kier molecular flexibility index (Phi) is 4.19. The second-order valence-electron chi connectivity index (χ2n) is 3.54. The summed E-state index contributed by atoms with van der Waals surface area (Å²) in [5.74, 6) is -1.20. The van der Waals surface area contributed by atoms with E-state index in [-0.39, 0.29) is 12.4 Å². The molecule has 3 N–H and O–H groups in total. The molecule has 6 heteroatoms. The molecule has 0 radical (unpaired) electrons. The molecule has 0 saturated heterocycles.